The third kappa shape index (κ3) is 4.20. The lowest BCUT2D eigenvalue weighted by Gasteiger charge is -2.33. The van der Waals surface area contributed by atoms with E-state index in [1.807, 2.05) is 0 Å². The summed E-state index contributed by atoms with van der Waals surface area (Å²) in [5, 5.41) is 21.1. The summed E-state index contributed by atoms with van der Waals surface area (Å²) in [6.07, 6.45) is 1.56. The predicted octanol–water partition coefficient (Wildman–Crippen LogP) is 3.19. The fourth-order valence-electron chi connectivity index (χ4n) is 2.99. The SMILES string of the molecule is O=C(NC1CCCCN1C(=O)O)c1[nH]ncc1NC(=O)c1c(Cl)cccc1Cl. The minimum absolute atomic E-state index is 0.00700. The molecular formula is C17H17Cl2N5O4. The van der Waals surface area contributed by atoms with E-state index in [1.54, 1.807) is 6.07 Å². The Balaban J connectivity index is 1.75. The van der Waals surface area contributed by atoms with Gasteiger partial charge in [-0.1, -0.05) is 29.3 Å². The molecule has 4 N–H and O–H groups in total. The maximum Gasteiger partial charge on any atom is 0.408 e. The van der Waals surface area contributed by atoms with E-state index >= 15 is 0 Å². The number of carbonyl (C=O) groups excluding carboxylic acids is 2. The van der Waals surface area contributed by atoms with Gasteiger partial charge in [0.15, 0.2) is 0 Å². The standard InChI is InChI=1S/C17H17Cl2N5O4/c18-9-4-3-5-10(19)13(9)15(25)21-11-8-20-23-14(11)16(26)22-12-6-1-2-7-24(12)17(27)28/h3-5,8,12H,1-2,6-7H2,(H,20,23)(H,21,25)(H,22,26)(H,27,28). The van der Waals surface area contributed by atoms with Gasteiger partial charge in [-0.15, -0.1) is 0 Å². The normalized spacial score (nSPS) is 16.5. The summed E-state index contributed by atoms with van der Waals surface area (Å²) in [5.41, 5.74) is 0.186. The highest BCUT2D eigenvalue weighted by Crippen LogP contribution is 2.26. The number of piperidine rings is 1. The lowest BCUT2D eigenvalue weighted by molar-refractivity contribution is 0.0743. The van der Waals surface area contributed by atoms with Crippen LogP contribution in [0.25, 0.3) is 0 Å². The highest BCUT2D eigenvalue weighted by atomic mass is 35.5. The number of likely N-dealkylation sites (tertiary alicyclic amines) is 1. The monoisotopic (exact) mass is 425 g/mol. The highest BCUT2D eigenvalue weighted by molar-refractivity contribution is 6.40. The summed E-state index contributed by atoms with van der Waals surface area (Å²) in [4.78, 5) is 37.6. The molecule has 28 heavy (non-hydrogen) atoms. The Morgan fingerprint density at radius 3 is 2.57 bits per heavy atom. The fraction of sp³-hybridized carbons (Fsp3) is 0.294. The zero-order valence-corrected chi connectivity index (χ0v) is 16.0. The Labute approximate surface area is 170 Å². The number of aromatic amines is 1. The van der Waals surface area contributed by atoms with Crippen molar-refractivity contribution in [3.8, 4) is 0 Å². The Morgan fingerprint density at radius 1 is 1.18 bits per heavy atom. The first-order valence-corrected chi connectivity index (χ1v) is 9.23. The van der Waals surface area contributed by atoms with Crippen molar-refractivity contribution in [3.63, 3.8) is 0 Å². The van der Waals surface area contributed by atoms with E-state index in [4.69, 9.17) is 23.2 Å². The van der Waals surface area contributed by atoms with Crippen LogP contribution in [0, 0.1) is 0 Å². The van der Waals surface area contributed by atoms with Crippen LogP contribution >= 0.6 is 23.2 Å². The van der Waals surface area contributed by atoms with Crippen LogP contribution in [-0.2, 0) is 0 Å². The maximum atomic E-state index is 12.6. The summed E-state index contributed by atoms with van der Waals surface area (Å²) in [6, 6.07) is 4.65. The lowest BCUT2D eigenvalue weighted by Crippen LogP contribution is -2.52. The molecule has 0 spiro atoms. The van der Waals surface area contributed by atoms with Crippen LogP contribution in [0.3, 0.4) is 0 Å². The summed E-state index contributed by atoms with van der Waals surface area (Å²) in [5.74, 6) is -1.19. The largest absolute Gasteiger partial charge is 0.465 e. The maximum absolute atomic E-state index is 12.6. The van der Waals surface area contributed by atoms with Gasteiger partial charge in [-0.05, 0) is 31.4 Å². The van der Waals surface area contributed by atoms with Crippen molar-refractivity contribution < 1.29 is 19.5 Å². The third-order valence-electron chi connectivity index (χ3n) is 4.35. The molecule has 2 heterocycles. The van der Waals surface area contributed by atoms with Crippen LogP contribution in [0.15, 0.2) is 24.4 Å². The molecule has 3 amide bonds. The number of amides is 3. The molecular weight excluding hydrogens is 409 g/mol. The summed E-state index contributed by atoms with van der Waals surface area (Å²) in [6.45, 7) is 0.345. The van der Waals surface area contributed by atoms with Crippen molar-refractivity contribution in [1.29, 1.82) is 0 Å². The van der Waals surface area contributed by atoms with E-state index in [0.29, 0.717) is 13.0 Å². The first kappa shape index (κ1) is 20.0. The number of hydrogen-bond acceptors (Lipinski definition) is 4. The molecule has 1 aliphatic heterocycles. The van der Waals surface area contributed by atoms with Crippen molar-refractivity contribution in [3.05, 3.63) is 45.7 Å². The Kier molecular flexibility index (Phi) is 6.05. The molecule has 3 rings (SSSR count). The molecule has 2 aromatic rings. The Morgan fingerprint density at radius 2 is 1.89 bits per heavy atom. The molecule has 1 aromatic heterocycles. The van der Waals surface area contributed by atoms with Crippen LogP contribution in [0.2, 0.25) is 10.0 Å². The number of benzene rings is 1. The average Bonchev–Trinajstić information content (AvgIpc) is 3.10. The van der Waals surface area contributed by atoms with Gasteiger partial charge in [-0.25, -0.2) is 4.79 Å². The minimum atomic E-state index is -1.10. The van der Waals surface area contributed by atoms with Gasteiger partial charge < -0.3 is 15.7 Å². The molecule has 1 atom stereocenters. The van der Waals surface area contributed by atoms with Crippen LogP contribution in [-0.4, -0.2) is 50.8 Å². The molecule has 0 aliphatic carbocycles. The Bertz CT molecular complexity index is 896. The van der Waals surface area contributed by atoms with Gasteiger partial charge >= 0.3 is 6.09 Å². The summed E-state index contributed by atoms with van der Waals surface area (Å²) < 4.78 is 0. The molecule has 11 heteroatoms. The van der Waals surface area contributed by atoms with Crippen molar-refractivity contribution in [2.24, 2.45) is 0 Å². The van der Waals surface area contributed by atoms with Crippen molar-refractivity contribution in [2.75, 3.05) is 11.9 Å². The van der Waals surface area contributed by atoms with Gasteiger partial charge in [-0.2, -0.15) is 5.10 Å². The van der Waals surface area contributed by atoms with Gasteiger partial charge in [0.1, 0.15) is 11.9 Å². The van der Waals surface area contributed by atoms with Gasteiger partial charge in [0, 0.05) is 6.54 Å². The Hall–Kier alpha value is -2.78. The topological polar surface area (TPSA) is 127 Å². The molecule has 1 saturated heterocycles. The number of nitrogens with zero attached hydrogens (tertiary/aromatic N) is 2. The minimum Gasteiger partial charge on any atom is -0.465 e. The molecule has 1 aliphatic rings. The summed E-state index contributed by atoms with van der Waals surface area (Å²) in [7, 11) is 0. The second-order valence-corrected chi connectivity index (χ2v) is 6.98. The zero-order chi connectivity index (χ0) is 20.3. The number of carboxylic acid groups (broad SMARTS) is 1. The van der Waals surface area contributed by atoms with Crippen molar-refractivity contribution in [1.82, 2.24) is 20.4 Å². The molecule has 0 radical (unpaired) electrons. The number of aromatic nitrogens is 2. The second kappa shape index (κ2) is 8.49. The van der Waals surface area contributed by atoms with Gasteiger partial charge in [0.25, 0.3) is 11.8 Å². The van der Waals surface area contributed by atoms with E-state index < -0.39 is 24.1 Å². The summed E-state index contributed by atoms with van der Waals surface area (Å²) >= 11 is 12.1. The van der Waals surface area contributed by atoms with Crippen molar-refractivity contribution >= 4 is 46.8 Å². The van der Waals surface area contributed by atoms with E-state index in [0.717, 1.165) is 12.8 Å². The predicted molar refractivity (Wildman–Crippen MR) is 103 cm³/mol. The second-order valence-electron chi connectivity index (χ2n) is 6.17. The molecule has 1 aromatic carbocycles. The quantitative estimate of drug-likeness (QED) is 0.597. The van der Waals surface area contributed by atoms with E-state index in [-0.39, 0.29) is 27.0 Å². The molecule has 1 fully saturated rings. The fourth-order valence-corrected chi connectivity index (χ4v) is 3.56. The molecule has 1 unspecified atom stereocenters. The van der Waals surface area contributed by atoms with E-state index in [2.05, 4.69) is 20.8 Å². The van der Waals surface area contributed by atoms with Gasteiger partial charge in [0.2, 0.25) is 0 Å². The van der Waals surface area contributed by atoms with E-state index in [9.17, 15) is 19.5 Å². The molecule has 148 valence electrons. The van der Waals surface area contributed by atoms with E-state index in [1.165, 1.54) is 23.2 Å². The molecule has 0 saturated carbocycles. The third-order valence-corrected chi connectivity index (χ3v) is 4.98. The lowest BCUT2D eigenvalue weighted by atomic mass is 10.1. The average molecular weight is 426 g/mol. The number of carbonyl (C=O) groups is 3. The molecule has 0 bridgehead atoms. The number of halogens is 2. The number of hydrogen-bond donors (Lipinski definition) is 4. The van der Waals surface area contributed by atoms with Gasteiger partial charge in [0.05, 0.1) is 27.5 Å². The van der Waals surface area contributed by atoms with Crippen molar-refractivity contribution in [2.45, 2.75) is 25.4 Å². The number of rotatable bonds is 4. The first-order chi connectivity index (χ1) is 13.4. The van der Waals surface area contributed by atoms with Crippen LogP contribution in [0.4, 0.5) is 10.5 Å². The van der Waals surface area contributed by atoms with Crippen LogP contribution in [0.5, 0.6) is 0 Å². The first-order valence-electron chi connectivity index (χ1n) is 8.47. The number of anilines is 1. The number of nitrogens with one attached hydrogen (secondary N) is 3. The van der Waals surface area contributed by atoms with Gasteiger partial charge in [-0.3, -0.25) is 19.6 Å². The highest BCUT2D eigenvalue weighted by Gasteiger charge is 2.29. The smallest absolute Gasteiger partial charge is 0.408 e. The van der Waals surface area contributed by atoms with Crippen LogP contribution < -0.4 is 10.6 Å². The van der Waals surface area contributed by atoms with Crippen LogP contribution in [0.1, 0.15) is 40.1 Å². The zero-order valence-electron chi connectivity index (χ0n) is 14.5. The molecule has 9 nitrogen and oxygen atoms in total. The number of H-pyrrole nitrogens is 1.